The predicted molar refractivity (Wildman–Crippen MR) is 106 cm³/mol. The van der Waals surface area contributed by atoms with Crippen molar-refractivity contribution in [3.8, 4) is 5.75 Å². The smallest absolute Gasteiger partial charge is 0.224 e. The maximum absolute atomic E-state index is 5.45. The van der Waals surface area contributed by atoms with Crippen LogP contribution in [-0.4, -0.2) is 23.1 Å². The van der Waals surface area contributed by atoms with Gasteiger partial charge in [0.05, 0.1) is 6.61 Å². The summed E-state index contributed by atoms with van der Waals surface area (Å²) in [5.41, 5.74) is 2.31. The van der Waals surface area contributed by atoms with Crippen LogP contribution in [0.15, 0.2) is 66.9 Å². The van der Waals surface area contributed by atoms with Crippen LogP contribution in [0.25, 0.3) is 0 Å². The quantitative estimate of drug-likeness (QED) is 0.551. The third-order valence-electron chi connectivity index (χ3n) is 3.86. The van der Waals surface area contributed by atoms with Crippen molar-refractivity contribution in [2.45, 2.75) is 19.8 Å². The van der Waals surface area contributed by atoms with Crippen molar-refractivity contribution in [3.63, 3.8) is 0 Å². The van der Waals surface area contributed by atoms with Crippen molar-refractivity contribution in [2.75, 3.05) is 23.8 Å². The molecule has 0 unspecified atom stereocenters. The van der Waals surface area contributed by atoms with Crippen LogP contribution in [0, 0.1) is 0 Å². The first-order valence-electron chi connectivity index (χ1n) is 8.94. The van der Waals surface area contributed by atoms with Gasteiger partial charge in [-0.1, -0.05) is 30.3 Å². The average Bonchev–Trinajstić information content (AvgIpc) is 2.68. The van der Waals surface area contributed by atoms with Gasteiger partial charge in [-0.3, -0.25) is 0 Å². The van der Waals surface area contributed by atoms with E-state index in [0.717, 1.165) is 36.6 Å². The van der Waals surface area contributed by atoms with Crippen LogP contribution in [0.1, 0.15) is 18.9 Å². The van der Waals surface area contributed by atoms with Gasteiger partial charge in [0.25, 0.3) is 0 Å². The lowest BCUT2D eigenvalue weighted by atomic mass is 10.1. The van der Waals surface area contributed by atoms with Gasteiger partial charge in [0.2, 0.25) is 5.95 Å². The van der Waals surface area contributed by atoms with E-state index in [1.165, 1.54) is 5.56 Å². The highest BCUT2D eigenvalue weighted by molar-refractivity contribution is 5.57. The van der Waals surface area contributed by atoms with Crippen LogP contribution in [-0.2, 0) is 6.42 Å². The molecule has 1 heterocycles. The van der Waals surface area contributed by atoms with E-state index in [4.69, 9.17) is 4.74 Å². The highest BCUT2D eigenvalue weighted by Gasteiger charge is 2.01. The zero-order valence-corrected chi connectivity index (χ0v) is 15.0. The SMILES string of the molecule is CCOc1ccc(Nc2ccnc(NCCCc3ccccc3)n2)cc1. The van der Waals surface area contributed by atoms with E-state index in [0.29, 0.717) is 12.6 Å². The Morgan fingerprint density at radius 2 is 1.77 bits per heavy atom. The second-order valence-electron chi connectivity index (χ2n) is 5.86. The van der Waals surface area contributed by atoms with Crippen molar-refractivity contribution < 1.29 is 4.74 Å². The summed E-state index contributed by atoms with van der Waals surface area (Å²) in [7, 11) is 0. The third-order valence-corrected chi connectivity index (χ3v) is 3.86. The lowest BCUT2D eigenvalue weighted by molar-refractivity contribution is 0.340. The Morgan fingerprint density at radius 3 is 2.54 bits per heavy atom. The number of nitrogens with one attached hydrogen (secondary N) is 2. The van der Waals surface area contributed by atoms with E-state index in [9.17, 15) is 0 Å². The number of ether oxygens (including phenoxy) is 1. The Bertz CT molecular complexity index is 791. The first-order chi connectivity index (χ1) is 12.8. The monoisotopic (exact) mass is 348 g/mol. The fourth-order valence-corrected chi connectivity index (χ4v) is 2.60. The number of nitrogens with zero attached hydrogens (tertiary/aromatic N) is 2. The molecule has 0 amide bonds. The van der Waals surface area contributed by atoms with Crippen LogP contribution in [0.5, 0.6) is 5.75 Å². The summed E-state index contributed by atoms with van der Waals surface area (Å²) in [5, 5.41) is 6.57. The Hall–Kier alpha value is -3.08. The Morgan fingerprint density at radius 1 is 0.962 bits per heavy atom. The van der Waals surface area contributed by atoms with E-state index in [1.807, 2.05) is 43.3 Å². The minimum absolute atomic E-state index is 0.633. The van der Waals surface area contributed by atoms with Gasteiger partial charge in [0.1, 0.15) is 11.6 Å². The lowest BCUT2D eigenvalue weighted by Crippen LogP contribution is -2.07. The zero-order valence-electron chi connectivity index (χ0n) is 15.0. The summed E-state index contributed by atoms with van der Waals surface area (Å²) < 4.78 is 5.45. The van der Waals surface area contributed by atoms with Gasteiger partial charge in [-0.05, 0) is 55.7 Å². The molecule has 0 aliphatic carbocycles. The molecule has 5 heteroatoms. The molecule has 1 aromatic heterocycles. The lowest BCUT2D eigenvalue weighted by Gasteiger charge is -2.09. The average molecular weight is 348 g/mol. The normalized spacial score (nSPS) is 10.3. The largest absolute Gasteiger partial charge is 0.494 e. The fraction of sp³-hybridized carbons (Fsp3) is 0.238. The Balaban J connectivity index is 1.49. The first kappa shape index (κ1) is 17.7. The van der Waals surface area contributed by atoms with Crippen molar-refractivity contribution in [1.82, 2.24) is 9.97 Å². The molecular formula is C21H24N4O. The number of rotatable bonds is 9. The molecule has 0 saturated carbocycles. The van der Waals surface area contributed by atoms with Crippen LogP contribution in [0.2, 0.25) is 0 Å². The van der Waals surface area contributed by atoms with Crippen LogP contribution >= 0.6 is 0 Å². The van der Waals surface area contributed by atoms with Crippen molar-refractivity contribution in [2.24, 2.45) is 0 Å². The minimum Gasteiger partial charge on any atom is -0.494 e. The van der Waals surface area contributed by atoms with Gasteiger partial charge in [-0.15, -0.1) is 0 Å². The van der Waals surface area contributed by atoms with Crippen LogP contribution in [0.4, 0.5) is 17.5 Å². The van der Waals surface area contributed by atoms with Crippen LogP contribution in [0.3, 0.4) is 0 Å². The summed E-state index contributed by atoms with van der Waals surface area (Å²) in [6.07, 6.45) is 3.82. The molecule has 3 rings (SSSR count). The summed E-state index contributed by atoms with van der Waals surface area (Å²) in [6.45, 7) is 3.47. The molecule has 0 aliphatic heterocycles. The fourth-order valence-electron chi connectivity index (χ4n) is 2.60. The molecule has 0 aliphatic rings. The van der Waals surface area contributed by atoms with Gasteiger partial charge in [-0.25, -0.2) is 4.98 Å². The molecule has 0 atom stereocenters. The van der Waals surface area contributed by atoms with Crippen molar-refractivity contribution >= 4 is 17.5 Å². The standard InChI is InChI=1S/C21H24N4O/c1-2-26-19-12-10-18(11-13-19)24-20-14-16-23-21(25-20)22-15-6-9-17-7-4-3-5-8-17/h3-5,7-8,10-14,16H,2,6,9,15H2,1H3,(H2,22,23,24,25). The molecule has 134 valence electrons. The number of benzene rings is 2. The van der Waals surface area contributed by atoms with Crippen molar-refractivity contribution in [1.29, 1.82) is 0 Å². The Labute approximate surface area is 154 Å². The van der Waals surface area contributed by atoms with Gasteiger partial charge in [0.15, 0.2) is 0 Å². The topological polar surface area (TPSA) is 59.1 Å². The number of hydrogen-bond donors (Lipinski definition) is 2. The first-order valence-corrected chi connectivity index (χ1v) is 8.94. The van der Waals surface area contributed by atoms with E-state index in [2.05, 4.69) is 44.9 Å². The maximum atomic E-state index is 5.45. The molecule has 2 N–H and O–H groups in total. The third kappa shape index (κ3) is 5.48. The molecule has 26 heavy (non-hydrogen) atoms. The molecule has 2 aromatic carbocycles. The Kier molecular flexibility index (Phi) is 6.42. The number of hydrogen-bond acceptors (Lipinski definition) is 5. The minimum atomic E-state index is 0.633. The molecule has 3 aromatic rings. The molecular weight excluding hydrogens is 324 g/mol. The zero-order chi connectivity index (χ0) is 18.0. The summed E-state index contributed by atoms with van der Waals surface area (Å²) in [4.78, 5) is 8.79. The van der Waals surface area contributed by atoms with Crippen molar-refractivity contribution in [3.05, 3.63) is 72.4 Å². The highest BCUT2D eigenvalue weighted by Crippen LogP contribution is 2.19. The molecule has 0 spiro atoms. The number of anilines is 3. The number of aryl methyl sites for hydroxylation is 1. The summed E-state index contributed by atoms with van der Waals surface area (Å²) in [5.74, 6) is 2.25. The van der Waals surface area contributed by atoms with Gasteiger partial charge in [-0.2, -0.15) is 4.98 Å². The second kappa shape index (κ2) is 9.42. The van der Waals surface area contributed by atoms with Crippen LogP contribution < -0.4 is 15.4 Å². The number of aromatic nitrogens is 2. The maximum Gasteiger partial charge on any atom is 0.224 e. The van der Waals surface area contributed by atoms with E-state index >= 15 is 0 Å². The van der Waals surface area contributed by atoms with E-state index in [1.54, 1.807) is 6.20 Å². The molecule has 0 saturated heterocycles. The van der Waals surface area contributed by atoms with Gasteiger partial charge < -0.3 is 15.4 Å². The highest BCUT2D eigenvalue weighted by atomic mass is 16.5. The molecule has 5 nitrogen and oxygen atoms in total. The molecule has 0 radical (unpaired) electrons. The second-order valence-corrected chi connectivity index (χ2v) is 5.86. The molecule has 0 bridgehead atoms. The van der Waals surface area contributed by atoms with E-state index < -0.39 is 0 Å². The summed E-state index contributed by atoms with van der Waals surface area (Å²) >= 11 is 0. The van der Waals surface area contributed by atoms with E-state index in [-0.39, 0.29) is 0 Å². The molecule has 0 fully saturated rings. The van der Waals surface area contributed by atoms with Gasteiger partial charge >= 0.3 is 0 Å². The predicted octanol–water partition coefficient (Wildman–Crippen LogP) is 4.66. The van der Waals surface area contributed by atoms with Gasteiger partial charge in [0, 0.05) is 18.4 Å². The summed E-state index contributed by atoms with van der Waals surface area (Å²) in [6, 6.07) is 20.2.